The molecule has 10 heteroatoms. The number of rotatable bonds is 5. The van der Waals surface area contributed by atoms with Gasteiger partial charge in [-0.1, -0.05) is 34.8 Å². The molecular formula is C19H14Cl3N3O4. The number of hydrogen-bond donors (Lipinski definition) is 0. The molecule has 3 rings (SSSR count). The van der Waals surface area contributed by atoms with Gasteiger partial charge < -0.3 is 14.0 Å². The van der Waals surface area contributed by atoms with Crippen molar-refractivity contribution in [2.24, 2.45) is 0 Å². The number of aromatic nitrogens is 3. The fraction of sp³-hybridized carbons (Fsp3) is 0.158. The molecule has 3 aromatic rings. The summed E-state index contributed by atoms with van der Waals surface area (Å²) in [5.41, 5.74) is 0.795. The molecule has 1 aromatic carbocycles. The number of ether oxygens (including phenoxy) is 2. The highest BCUT2D eigenvalue weighted by Crippen LogP contribution is 2.29. The van der Waals surface area contributed by atoms with E-state index in [1.165, 1.54) is 31.2 Å². The Kier molecular flexibility index (Phi) is 6.42. The van der Waals surface area contributed by atoms with Crippen LogP contribution in [-0.4, -0.2) is 40.7 Å². The van der Waals surface area contributed by atoms with Crippen molar-refractivity contribution in [3.8, 4) is 11.4 Å². The lowest BCUT2D eigenvalue weighted by Gasteiger charge is -2.13. The van der Waals surface area contributed by atoms with Gasteiger partial charge in [0, 0.05) is 28.0 Å². The van der Waals surface area contributed by atoms with Crippen LogP contribution >= 0.6 is 34.8 Å². The molecule has 0 atom stereocenters. The molecule has 0 aliphatic carbocycles. The van der Waals surface area contributed by atoms with Crippen LogP contribution in [0.4, 0.5) is 0 Å². The minimum atomic E-state index is -0.794. The third-order valence-electron chi connectivity index (χ3n) is 4.02. The Labute approximate surface area is 181 Å². The van der Waals surface area contributed by atoms with Gasteiger partial charge in [-0.05, 0) is 29.8 Å². The summed E-state index contributed by atoms with van der Waals surface area (Å²) >= 11 is 18.4. The van der Waals surface area contributed by atoms with Crippen molar-refractivity contribution in [3.05, 3.63) is 68.7 Å². The molecule has 0 aliphatic heterocycles. The average Bonchev–Trinajstić information content (AvgIpc) is 3.08. The van der Waals surface area contributed by atoms with Gasteiger partial charge in [-0.15, -0.1) is 0 Å². The summed E-state index contributed by atoms with van der Waals surface area (Å²) in [7, 11) is 2.39. The van der Waals surface area contributed by atoms with Gasteiger partial charge in [-0.2, -0.15) is 0 Å². The highest BCUT2D eigenvalue weighted by atomic mass is 35.5. The second-order valence-electron chi connectivity index (χ2n) is 5.83. The van der Waals surface area contributed by atoms with Gasteiger partial charge in [0.25, 0.3) is 0 Å². The first-order chi connectivity index (χ1) is 13.8. The first kappa shape index (κ1) is 21.1. The smallest absolute Gasteiger partial charge is 0.359 e. The molecule has 0 amide bonds. The van der Waals surface area contributed by atoms with Gasteiger partial charge in [0.1, 0.15) is 5.82 Å². The minimum Gasteiger partial charge on any atom is -0.464 e. The van der Waals surface area contributed by atoms with Crippen LogP contribution in [0.5, 0.6) is 0 Å². The first-order valence-corrected chi connectivity index (χ1v) is 9.31. The maximum Gasteiger partial charge on any atom is 0.359 e. The number of hydrogen-bond acceptors (Lipinski definition) is 6. The summed E-state index contributed by atoms with van der Waals surface area (Å²) in [6, 6.07) is 6.54. The van der Waals surface area contributed by atoms with Crippen LogP contribution in [0.3, 0.4) is 0 Å². The van der Waals surface area contributed by atoms with E-state index >= 15 is 0 Å². The predicted octanol–water partition coefficient (Wildman–Crippen LogP) is 4.53. The van der Waals surface area contributed by atoms with Crippen molar-refractivity contribution >= 4 is 46.7 Å². The number of methoxy groups -OCH3 is 2. The van der Waals surface area contributed by atoms with Gasteiger partial charge in [-0.3, -0.25) is 4.98 Å². The van der Waals surface area contributed by atoms with Gasteiger partial charge in [0.2, 0.25) is 0 Å². The Morgan fingerprint density at radius 1 is 1.00 bits per heavy atom. The maximum atomic E-state index is 12.5. The Bertz CT molecular complexity index is 1100. The lowest BCUT2D eigenvalue weighted by molar-refractivity contribution is 0.0544. The molecule has 150 valence electrons. The quantitative estimate of drug-likeness (QED) is 0.527. The summed E-state index contributed by atoms with van der Waals surface area (Å²) in [5, 5.41) is 1.24. The van der Waals surface area contributed by atoms with E-state index in [4.69, 9.17) is 44.3 Å². The van der Waals surface area contributed by atoms with Gasteiger partial charge in [0.05, 0.1) is 25.8 Å². The molecule has 0 fully saturated rings. The summed E-state index contributed by atoms with van der Waals surface area (Å²) in [4.78, 5) is 33.2. The molecule has 0 radical (unpaired) electrons. The summed E-state index contributed by atoms with van der Waals surface area (Å²) in [5.74, 6) is -1.30. The van der Waals surface area contributed by atoms with E-state index in [0.29, 0.717) is 26.2 Å². The molecule has 0 aliphatic rings. The van der Waals surface area contributed by atoms with Gasteiger partial charge in [-0.25, -0.2) is 14.6 Å². The lowest BCUT2D eigenvalue weighted by atomic mass is 10.2. The number of esters is 2. The van der Waals surface area contributed by atoms with E-state index < -0.39 is 11.9 Å². The van der Waals surface area contributed by atoms with Gasteiger partial charge >= 0.3 is 11.9 Å². The van der Waals surface area contributed by atoms with Crippen molar-refractivity contribution in [1.29, 1.82) is 0 Å². The number of nitrogens with zero attached hydrogens (tertiary/aromatic N) is 3. The van der Waals surface area contributed by atoms with Crippen LogP contribution in [0.2, 0.25) is 15.1 Å². The van der Waals surface area contributed by atoms with Gasteiger partial charge in [0.15, 0.2) is 11.4 Å². The number of pyridine rings is 1. The van der Waals surface area contributed by atoms with E-state index in [1.54, 1.807) is 24.3 Å². The van der Waals surface area contributed by atoms with Crippen LogP contribution in [0.15, 0.2) is 36.7 Å². The monoisotopic (exact) mass is 453 g/mol. The van der Waals surface area contributed by atoms with Crippen LogP contribution < -0.4 is 0 Å². The molecule has 0 bridgehead atoms. The van der Waals surface area contributed by atoms with E-state index in [1.807, 2.05) is 0 Å². The van der Waals surface area contributed by atoms with Crippen molar-refractivity contribution in [1.82, 2.24) is 14.5 Å². The molecule has 0 unspecified atom stereocenters. The Morgan fingerprint density at radius 2 is 1.72 bits per heavy atom. The number of benzene rings is 1. The van der Waals surface area contributed by atoms with Crippen LogP contribution in [0, 0.1) is 0 Å². The second kappa shape index (κ2) is 8.82. The molecule has 0 spiro atoms. The SMILES string of the molecule is COC(=O)c1nc(-c2cncc(Cl)c2)n(Cc2cc(Cl)ccc2Cl)c1C(=O)OC. The summed E-state index contributed by atoms with van der Waals surface area (Å²) in [6.45, 7) is 0.0790. The fourth-order valence-corrected chi connectivity index (χ4v) is 3.28. The number of halogens is 3. The van der Waals surface area contributed by atoms with Crippen molar-refractivity contribution < 1.29 is 19.1 Å². The van der Waals surface area contributed by atoms with E-state index in [2.05, 4.69) is 9.97 Å². The Balaban J connectivity index is 2.29. The largest absolute Gasteiger partial charge is 0.464 e. The van der Waals surface area contributed by atoms with Crippen LogP contribution in [0.25, 0.3) is 11.4 Å². The molecular weight excluding hydrogens is 441 g/mol. The van der Waals surface area contributed by atoms with Crippen LogP contribution in [0.1, 0.15) is 26.5 Å². The van der Waals surface area contributed by atoms with Crippen LogP contribution in [-0.2, 0) is 16.0 Å². The normalized spacial score (nSPS) is 10.7. The zero-order valence-electron chi connectivity index (χ0n) is 15.3. The molecule has 0 N–H and O–H groups in total. The maximum absolute atomic E-state index is 12.5. The molecule has 2 aromatic heterocycles. The average molecular weight is 455 g/mol. The number of imidazole rings is 1. The van der Waals surface area contributed by atoms with Crippen molar-refractivity contribution in [2.75, 3.05) is 14.2 Å². The Morgan fingerprint density at radius 3 is 2.38 bits per heavy atom. The van der Waals surface area contributed by atoms with Crippen molar-refractivity contribution in [3.63, 3.8) is 0 Å². The highest BCUT2D eigenvalue weighted by molar-refractivity contribution is 6.33. The fourth-order valence-electron chi connectivity index (χ4n) is 2.74. The minimum absolute atomic E-state index is 0.0790. The Hall–Kier alpha value is -2.61. The lowest BCUT2D eigenvalue weighted by Crippen LogP contribution is -2.17. The summed E-state index contributed by atoms with van der Waals surface area (Å²) < 4.78 is 11.1. The van der Waals surface area contributed by atoms with E-state index in [0.717, 1.165) is 0 Å². The zero-order valence-corrected chi connectivity index (χ0v) is 17.5. The van der Waals surface area contributed by atoms with E-state index in [-0.39, 0.29) is 23.8 Å². The zero-order chi connectivity index (χ0) is 21.1. The standard InChI is InChI=1S/C19H14Cl3N3O4/c1-28-18(26)15-16(19(27)29-2)25(9-11-6-12(20)3-4-14(11)22)17(24-15)10-5-13(21)8-23-7-10/h3-8H,9H2,1-2H3. The third kappa shape index (κ3) is 4.37. The molecule has 29 heavy (non-hydrogen) atoms. The third-order valence-corrected chi connectivity index (χ3v) is 4.83. The molecule has 0 saturated heterocycles. The summed E-state index contributed by atoms with van der Waals surface area (Å²) in [6.07, 6.45) is 2.96. The highest BCUT2D eigenvalue weighted by Gasteiger charge is 2.30. The molecule has 0 saturated carbocycles. The van der Waals surface area contributed by atoms with E-state index in [9.17, 15) is 9.59 Å². The number of carbonyl (C=O) groups excluding carboxylic acids is 2. The molecule has 2 heterocycles. The predicted molar refractivity (Wildman–Crippen MR) is 109 cm³/mol. The molecule has 7 nitrogen and oxygen atoms in total. The van der Waals surface area contributed by atoms with Crippen molar-refractivity contribution in [2.45, 2.75) is 6.54 Å². The number of carbonyl (C=O) groups is 2. The second-order valence-corrected chi connectivity index (χ2v) is 7.11. The topological polar surface area (TPSA) is 83.3 Å². The first-order valence-electron chi connectivity index (χ1n) is 8.17.